The number of methoxy groups -OCH3 is 1. The quantitative estimate of drug-likeness (QED) is 0.810. The molecule has 1 aromatic heterocycles. The molecule has 0 aliphatic carbocycles. The van der Waals surface area contributed by atoms with Crippen LogP contribution in [0, 0.1) is 0 Å². The number of benzene rings is 1. The molecule has 0 aliphatic heterocycles. The number of aromatic nitrogens is 1. The zero-order valence-corrected chi connectivity index (χ0v) is 15.1. The molecule has 0 radical (unpaired) electrons. The number of para-hydroxylation sites is 1. The lowest BCUT2D eigenvalue weighted by molar-refractivity contribution is -0.143. The normalized spacial score (nSPS) is 12.5. The van der Waals surface area contributed by atoms with Gasteiger partial charge in [0.25, 0.3) is 0 Å². The van der Waals surface area contributed by atoms with Crippen LogP contribution in [0.25, 0.3) is 10.9 Å². The molecule has 8 heteroatoms. The largest absolute Gasteiger partial charge is 0.467 e. The maximum atomic E-state index is 12.1. The van der Waals surface area contributed by atoms with Crippen molar-refractivity contribution < 1.29 is 29.0 Å². The Morgan fingerprint density at radius 3 is 2.46 bits per heavy atom. The molecule has 2 rings (SSSR count). The third kappa shape index (κ3) is 4.53. The van der Waals surface area contributed by atoms with Crippen molar-refractivity contribution >= 4 is 29.1 Å². The van der Waals surface area contributed by atoms with Gasteiger partial charge in [0.05, 0.1) is 12.6 Å². The van der Waals surface area contributed by atoms with Crippen molar-refractivity contribution in [3.05, 3.63) is 36.0 Å². The highest BCUT2D eigenvalue weighted by atomic mass is 16.6. The predicted octanol–water partition coefficient (Wildman–Crippen LogP) is 2.78. The van der Waals surface area contributed by atoms with Crippen molar-refractivity contribution in [2.45, 2.75) is 38.8 Å². The summed E-state index contributed by atoms with van der Waals surface area (Å²) in [4.78, 5) is 35.5. The fourth-order valence-corrected chi connectivity index (χ4v) is 2.58. The van der Waals surface area contributed by atoms with Crippen molar-refractivity contribution in [2.75, 3.05) is 7.11 Å². The van der Waals surface area contributed by atoms with Gasteiger partial charge in [0, 0.05) is 18.0 Å². The Morgan fingerprint density at radius 1 is 1.23 bits per heavy atom. The van der Waals surface area contributed by atoms with Crippen LogP contribution in [0.4, 0.5) is 9.59 Å². The Balaban J connectivity index is 2.32. The number of carboxylic acid groups (broad SMARTS) is 1. The van der Waals surface area contributed by atoms with E-state index in [0.29, 0.717) is 16.5 Å². The summed E-state index contributed by atoms with van der Waals surface area (Å²) in [5.41, 5.74) is 0.370. The van der Waals surface area contributed by atoms with Gasteiger partial charge < -0.3 is 19.9 Å². The number of hydrogen-bond donors (Lipinski definition) is 2. The molecule has 1 amide bonds. The van der Waals surface area contributed by atoms with Gasteiger partial charge in [0.1, 0.15) is 11.6 Å². The zero-order chi connectivity index (χ0) is 19.5. The predicted molar refractivity (Wildman–Crippen MR) is 94.2 cm³/mol. The molecule has 0 fully saturated rings. The van der Waals surface area contributed by atoms with Gasteiger partial charge in [-0.05, 0) is 32.4 Å². The smallest absolute Gasteiger partial charge is 0.416 e. The number of alkyl carbamates (subject to hydrolysis) is 1. The minimum absolute atomic E-state index is 0.0622. The number of amides is 1. The van der Waals surface area contributed by atoms with Crippen LogP contribution >= 0.6 is 0 Å². The molecule has 8 nitrogen and oxygen atoms in total. The van der Waals surface area contributed by atoms with Gasteiger partial charge >= 0.3 is 18.2 Å². The summed E-state index contributed by atoms with van der Waals surface area (Å²) >= 11 is 0. The average molecular weight is 362 g/mol. The first-order chi connectivity index (χ1) is 12.1. The van der Waals surface area contributed by atoms with Crippen molar-refractivity contribution in [3.8, 4) is 0 Å². The Labute approximate surface area is 150 Å². The van der Waals surface area contributed by atoms with Crippen LogP contribution in [0.2, 0.25) is 0 Å². The second-order valence-corrected chi connectivity index (χ2v) is 6.75. The van der Waals surface area contributed by atoms with Crippen LogP contribution in [-0.4, -0.2) is 46.6 Å². The Kier molecular flexibility index (Phi) is 5.54. The summed E-state index contributed by atoms with van der Waals surface area (Å²) < 4.78 is 11.0. The molecule has 0 unspecified atom stereocenters. The molecule has 1 aromatic carbocycles. The SMILES string of the molecule is COC(=O)[C@@H](Cc1cn(C(=O)O)c2ccccc12)NC(=O)OC(C)(C)C. The van der Waals surface area contributed by atoms with Gasteiger partial charge in [-0.25, -0.2) is 14.4 Å². The monoisotopic (exact) mass is 362 g/mol. The second kappa shape index (κ2) is 7.47. The van der Waals surface area contributed by atoms with Crippen LogP contribution in [0.5, 0.6) is 0 Å². The van der Waals surface area contributed by atoms with Gasteiger partial charge in [-0.15, -0.1) is 0 Å². The standard InChI is InChI=1S/C18H22N2O6/c1-18(2,3)26-16(22)19-13(15(21)25-4)9-11-10-20(17(23)24)14-8-6-5-7-12(11)14/h5-8,10,13H,9H2,1-4H3,(H,19,22)(H,23,24)/t13-/m1/s1. The Hall–Kier alpha value is -3.03. The molecule has 2 aromatic rings. The molecular weight excluding hydrogens is 340 g/mol. The Bertz CT molecular complexity index is 834. The molecule has 140 valence electrons. The third-order valence-electron chi connectivity index (χ3n) is 3.60. The lowest BCUT2D eigenvalue weighted by Crippen LogP contribution is -2.45. The van der Waals surface area contributed by atoms with E-state index in [-0.39, 0.29) is 6.42 Å². The number of rotatable bonds is 4. The van der Waals surface area contributed by atoms with Crippen molar-refractivity contribution in [1.29, 1.82) is 0 Å². The summed E-state index contributed by atoms with van der Waals surface area (Å²) in [5.74, 6) is -0.650. The first-order valence-corrected chi connectivity index (χ1v) is 8.02. The van der Waals surface area contributed by atoms with Gasteiger partial charge in [-0.3, -0.25) is 4.57 Å². The highest BCUT2D eigenvalue weighted by Crippen LogP contribution is 2.23. The summed E-state index contributed by atoms with van der Waals surface area (Å²) in [6.45, 7) is 5.13. The van der Waals surface area contributed by atoms with E-state index in [0.717, 1.165) is 4.57 Å². The maximum Gasteiger partial charge on any atom is 0.416 e. The van der Waals surface area contributed by atoms with Crippen LogP contribution < -0.4 is 5.32 Å². The van der Waals surface area contributed by atoms with E-state index in [2.05, 4.69) is 5.32 Å². The van der Waals surface area contributed by atoms with Crippen molar-refractivity contribution in [1.82, 2.24) is 9.88 Å². The minimum Gasteiger partial charge on any atom is -0.467 e. The molecule has 1 heterocycles. The van der Waals surface area contributed by atoms with Crippen LogP contribution in [-0.2, 0) is 20.7 Å². The van der Waals surface area contributed by atoms with Crippen LogP contribution in [0.1, 0.15) is 26.3 Å². The summed E-state index contributed by atoms with van der Waals surface area (Å²) in [5, 5.41) is 12.5. The van der Waals surface area contributed by atoms with E-state index in [1.165, 1.54) is 13.3 Å². The molecular formula is C18H22N2O6. The van der Waals surface area contributed by atoms with Gasteiger partial charge in [0.2, 0.25) is 0 Å². The number of hydrogen-bond acceptors (Lipinski definition) is 5. The third-order valence-corrected chi connectivity index (χ3v) is 3.60. The zero-order valence-electron chi connectivity index (χ0n) is 15.1. The molecule has 0 aliphatic rings. The van der Waals surface area contributed by atoms with Gasteiger partial charge in [-0.2, -0.15) is 0 Å². The van der Waals surface area contributed by atoms with E-state index in [1.54, 1.807) is 45.0 Å². The van der Waals surface area contributed by atoms with Gasteiger partial charge in [-0.1, -0.05) is 18.2 Å². The molecule has 0 saturated heterocycles. The Morgan fingerprint density at radius 2 is 1.88 bits per heavy atom. The van der Waals surface area contributed by atoms with E-state index < -0.39 is 29.8 Å². The fourth-order valence-electron chi connectivity index (χ4n) is 2.58. The molecule has 2 N–H and O–H groups in total. The van der Waals surface area contributed by atoms with E-state index >= 15 is 0 Å². The lowest BCUT2D eigenvalue weighted by Gasteiger charge is -2.22. The highest BCUT2D eigenvalue weighted by molar-refractivity contribution is 5.92. The summed E-state index contributed by atoms with van der Waals surface area (Å²) in [7, 11) is 1.21. The highest BCUT2D eigenvalue weighted by Gasteiger charge is 2.27. The number of carbonyl (C=O) groups excluding carboxylic acids is 2. The average Bonchev–Trinajstić information content (AvgIpc) is 2.91. The molecule has 1 atom stereocenters. The number of ether oxygens (including phenoxy) is 2. The molecule has 0 spiro atoms. The van der Waals surface area contributed by atoms with Crippen molar-refractivity contribution in [2.24, 2.45) is 0 Å². The van der Waals surface area contributed by atoms with E-state index in [1.807, 2.05) is 0 Å². The minimum atomic E-state index is -1.14. The molecule has 26 heavy (non-hydrogen) atoms. The van der Waals surface area contributed by atoms with Crippen LogP contribution in [0.3, 0.4) is 0 Å². The first kappa shape index (κ1) is 19.3. The maximum absolute atomic E-state index is 12.1. The lowest BCUT2D eigenvalue weighted by atomic mass is 10.1. The van der Waals surface area contributed by atoms with Crippen molar-refractivity contribution in [3.63, 3.8) is 0 Å². The second-order valence-electron chi connectivity index (χ2n) is 6.75. The number of nitrogens with one attached hydrogen (secondary N) is 1. The molecule has 0 bridgehead atoms. The van der Waals surface area contributed by atoms with Crippen LogP contribution in [0.15, 0.2) is 30.5 Å². The topological polar surface area (TPSA) is 107 Å². The first-order valence-electron chi connectivity index (χ1n) is 8.02. The fraction of sp³-hybridized carbons (Fsp3) is 0.389. The van der Waals surface area contributed by atoms with E-state index in [9.17, 15) is 19.5 Å². The number of fused-ring (bicyclic) bond motifs is 1. The molecule has 0 saturated carbocycles. The summed E-state index contributed by atoms with van der Waals surface area (Å²) in [6.07, 6.45) is -0.399. The number of esters is 1. The van der Waals surface area contributed by atoms with E-state index in [4.69, 9.17) is 9.47 Å². The summed E-state index contributed by atoms with van der Waals surface area (Å²) in [6, 6.07) is 5.91. The number of carbonyl (C=O) groups is 3. The van der Waals surface area contributed by atoms with Gasteiger partial charge in [0.15, 0.2) is 0 Å². The number of nitrogens with zero attached hydrogens (tertiary/aromatic N) is 1.